The van der Waals surface area contributed by atoms with E-state index < -0.39 is 0 Å². The van der Waals surface area contributed by atoms with E-state index in [0.29, 0.717) is 12.3 Å². The molecular formula is C16H17N3O. The van der Waals surface area contributed by atoms with Crippen molar-refractivity contribution in [2.75, 3.05) is 5.73 Å². The van der Waals surface area contributed by atoms with Gasteiger partial charge in [-0.2, -0.15) is 0 Å². The van der Waals surface area contributed by atoms with Gasteiger partial charge in [-0.05, 0) is 30.7 Å². The molecule has 102 valence electrons. The van der Waals surface area contributed by atoms with Gasteiger partial charge in [0.2, 0.25) is 0 Å². The van der Waals surface area contributed by atoms with E-state index in [1.54, 1.807) is 0 Å². The normalized spacial score (nSPS) is 10.9. The molecule has 2 N–H and O–H groups in total. The Morgan fingerprint density at radius 2 is 2.00 bits per heavy atom. The zero-order valence-corrected chi connectivity index (χ0v) is 11.6. The Labute approximate surface area is 117 Å². The molecule has 0 radical (unpaired) electrons. The Hall–Kier alpha value is -2.49. The molecule has 0 aliphatic rings. The van der Waals surface area contributed by atoms with E-state index in [9.17, 15) is 0 Å². The summed E-state index contributed by atoms with van der Waals surface area (Å²) in [4.78, 5) is 4.62. The summed E-state index contributed by atoms with van der Waals surface area (Å²) in [6.45, 7) is 2.51. The van der Waals surface area contributed by atoms with Gasteiger partial charge in [-0.25, -0.2) is 4.98 Å². The van der Waals surface area contributed by atoms with Crippen molar-refractivity contribution in [3.05, 3.63) is 53.9 Å². The molecule has 0 aliphatic heterocycles. The van der Waals surface area contributed by atoms with Gasteiger partial charge in [0.25, 0.3) is 0 Å². The van der Waals surface area contributed by atoms with Crippen molar-refractivity contribution in [2.45, 2.75) is 13.5 Å². The summed E-state index contributed by atoms with van der Waals surface area (Å²) in [5.74, 6) is 1.66. The fraction of sp³-hybridized carbons (Fsp3) is 0.188. The molecule has 2 aromatic carbocycles. The topological polar surface area (TPSA) is 53.1 Å². The highest BCUT2D eigenvalue weighted by molar-refractivity contribution is 5.79. The predicted octanol–water partition coefficient (Wildman–Crippen LogP) is 3.04. The summed E-state index contributed by atoms with van der Waals surface area (Å²) in [6.07, 6.45) is 0. The number of imidazole rings is 1. The van der Waals surface area contributed by atoms with Crippen LogP contribution in [0.3, 0.4) is 0 Å². The highest BCUT2D eigenvalue weighted by Crippen LogP contribution is 2.20. The molecule has 1 heterocycles. The summed E-state index contributed by atoms with van der Waals surface area (Å²) >= 11 is 0. The monoisotopic (exact) mass is 267 g/mol. The average molecular weight is 267 g/mol. The summed E-state index contributed by atoms with van der Waals surface area (Å²) in [5.41, 5.74) is 9.80. The van der Waals surface area contributed by atoms with Crippen LogP contribution in [0.4, 0.5) is 5.69 Å². The van der Waals surface area contributed by atoms with Gasteiger partial charge < -0.3 is 15.0 Å². The van der Waals surface area contributed by atoms with Crippen molar-refractivity contribution in [2.24, 2.45) is 7.05 Å². The number of aromatic nitrogens is 2. The quantitative estimate of drug-likeness (QED) is 0.742. The first-order chi connectivity index (χ1) is 9.65. The van der Waals surface area contributed by atoms with Gasteiger partial charge in [0, 0.05) is 18.8 Å². The van der Waals surface area contributed by atoms with Crippen molar-refractivity contribution in [1.29, 1.82) is 0 Å². The lowest BCUT2D eigenvalue weighted by Gasteiger charge is -2.07. The minimum atomic E-state index is 0.425. The van der Waals surface area contributed by atoms with Gasteiger partial charge in [-0.1, -0.05) is 18.2 Å². The molecule has 20 heavy (non-hydrogen) atoms. The first-order valence-corrected chi connectivity index (χ1v) is 6.54. The molecule has 0 atom stereocenters. The number of benzene rings is 2. The lowest BCUT2D eigenvalue weighted by Crippen LogP contribution is -2.04. The number of para-hydroxylation sites is 1. The highest BCUT2D eigenvalue weighted by atomic mass is 16.5. The Kier molecular flexibility index (Phi) is 3.06. The second-order valence-electron chi connectivity index (χ2n) is 4.89. The lowest BCUT2D eigenvalue weighted by atomic mass is 10.2. The van der Waals surface area contributed by atoms with Crippen molar-refractivity contribution in [3.8, 4) is 5.75 Å². The second kappa shape index (κ2) is 4.89. The van der Waals surface area contributed by atoms with Crippen LogP contribution in [0.25, 0.3) is 11.0 Å². The van der Waals surface area contributed by atoms with Gasteiger partial charge in [0.05, 0.1) is 11.0 Å². The molecule has 4 heteroatoms. The summed E-state index contributed by atoms with van der Waals surface area (Å²) in [7, 11) is 2.01. The van der Waals surface area contributed by atoms with Crippen LogP contribution < -0.4 is 10.5 Å². The third-order valence-electron chi connectivity index (χ3n) is 3.41. The zero-order valence-electron chi connectivity index (χ0n) is 11.6. The van der Waals surface area contributed by atoms with Gasteiger partial charge in [-0.15, -0.1) is 0 Å². The molecule has 0 saturated heterocycles. The highest BCUT2D eigenvalue weighted by Gasteiger charge is 2.09. The molecule has 4 nitrogen and oxygen atoms in total. The first-order valence-electron chi connectivity index (χ1n) is 6.54. The van der Waals surface area contributed by atoms with Crippen LogP contribution in [0.1, 0.15) is 11.4 Å². The maximum atomic E-state index is 5.76. The number of anilines is 1. The lowest BCUT2D eigenvalue weighted by molar-refractivity contribution is 0.292. The van der Waals surface area contributed by atoms with Crippen molar-refractivity contribution >= 4 is 16.7 Å². The minimum absolute atomic E-state index is 0.425. The van der Waals surface area contributed by atoms with Crippen LogP contribution in [0.2, 0.25) is 0 Å². The number of nitrogens with two attached hydrogens (primary N) is 1. The van der Waals surface area contributed by atoms with E-state index in [2.05, 4.69) is 22.5 Å². The van der Waals surface area contributed by atoms with Crippen LogP contribution in [0, 0.1) is 6.92 Å². The van der Waals surface area contributed by atoms with Crippen molar-refractivity contribution in [1.82, 2.24) is 9.55 Å². The molecule has 0 bridgehead atoms. The smallest absolute Gasteiger partial charge is 0.147 e. The summed E-state index contributed by atoms with van der Waals surface area (Å²) in [6, 6.07) is 13.6. The van der Waals surface area contributed by atoms with Gasteiger partial charge >= 0.3 is 0 Å². The molecule has 0 aliphatic carbocycles. The summed E-state index contributed by atoms with van der Waals surface area (Å²) < 4.78 is 7.84. The van der Waals surface area contributed by atoms with Crippen LogP contribution in [-0.2, 0) is 13.7 Å². The number of fused-ring (bicyclic) bond motifs is 1. The van der Waals surface area contributed by atoms with Gasteiger partial charge in [-0.3, -0.25) is 0 Å². The number of ether oxygens (including phenoxy) is 1. The predicted molar refractivity (Wildman–Crippen MR) is 80.6 cm³/mol. The molecule has 3 aromatic rings. The largest absolute Gasteiger partial charge is 0.486 e. The molecular weight excluding hydrogens is 250 g/mol. The molecule has 0 fully saturated rings. The van der Waals surface area contributed by atoms with E-state index in [1.165, 1.54) is 5.56 Å². The minimum Gasteiger partial charge on any atom is -0.486 e. The average Bonchev–Trinajstić information content (AvgIpc) is 2.75. The first kappa shape index (κ1) is 12.5. The molecule has 0 unspecified atom stereocenters. The SMILES string of the molecule is Cc1cccc2nc(COc3cccc(N)c3)n(C)c12. The number of hydrogen-bond donors (Lipinski definition) is 1. The fourth-order valence-electron chi connectivity index (χ4n) is 2.39. The number of nitrogens with zero attached hydrogens (tertiary/aromatic N) is 2. The van der Waals surface area contributed by atoms with Crippen LogP contribution >= 0.6 is 0 Å². The zero-order chi connectivity index (χ0) is 14.1. The second-order valence-corrected chi connectivity index (χ2v) is 4.89. The number of aryl methyl sites for hydroxylation is 2. The van der Waals surface area contributed by atoms with Crippen molar-refractivity contribution < 1.29 is 4.74 Å². The van der Waals surface area contributed by atoms with E-state index in [0.717, 1.165) is 22.6 Å². The fourth-order valence-corrected chi connectivity index (χ4v) is 2.39. The molecule has 0 saturated carbocycles. The van der Waals surface area contributed by atoms with E-state index >= 15 is 0 Å². The van der Waals surface area contributed by atoms with Gasteiger partial charge in [0.15, 0.2) is 0 Å². The van der Waals surface area contributed by atoms with Crippen LogP contribution in [0.5, 0.6) is 5.75 Å². The molecule has 0 spiro atoms. The maximum Gasteiger partial charge on any atom is 0.147 e. The van der Waals surface area contributed by atoms with E-state index in [1.807, 2.05) is 43.4 Å². The summed E-state index contributed by atoms with van der Waals surface area (Å²) in [5, 5.41) is 0. The van der Waals surface area contributed by atoms with E-state index in [4.69, 9.17) is 10.5 Å². The Balaban J connectivity index is 1.88. The third-order valence-corrected chi connectivity index (χ3v) is 3.41. The molecule has 3 rings (SSSR count). The molecule has 0 amide bonds. The standard InChI is InChI=1S/C16H17N3O/c1-11-5-3-8-14-16(11)19(2)15(18-14)10-20-13-7-4-6-12(17)9-13/h3-9H,10,17H2,1-2H3. The Bertz CT molecular complexity index is 762. The number of rotatable bonds is 3. The third kappa shape index (κ3) is 2.20. The Morgan fingerprint density at radius 1 is 1.20 bits per heavy atom. The molecule has 1 aromatic heterocycles. The maximum absolute atomic E-state index is 5.76. The van der Waals surface area contributed by atoms with E-state index in [-0.39, 0.29) is 0 Å². The van der Waals surface area contributed by atoms with Crippen LogP contribution in [0.15, 0.2) is 42.5 Å². The Morgan fingerprint density at radius 3 is 2.75 bits per heavy atom. The number of hydrogen-bond acceptors (Lipinski definition) is 3. The van der Waals surface area contributed by atoms with Crippen LogP contribution in [-0.4, -0.2) is 9.55 Å². The van der Waals surface area contributed by atoms with Gasteiger partial charge in [0.1, 0.15) is 18.2 Å². The number of nitrogen functional groups attached to an aromatic ring is 1. The van der Waals surface area contributed by atoms with Crippen molar-refractivity contribution in [3.63, 3.8) is 0 Å².